The number of hydrogen-bond acceptors (Lipinski definition) is 9. The maximum atomic E-state index is 13.0. The van der Waals surface area contributed by atoms with Gasteiger partial charge in [-0.3, -0.25) is 33.5 Å². The summed E-state index contributed by atoms with van der Waals surface area (Å²) in [7, 11) is 0. The van der Waals surface area contributed by atoms with Gasteiger partial charge in [-0.1, -0.05) is 6.92 Å². The number of nitrogens with zero attached hydrogens (tertiary/aromatic N) is 2. The van der Waals surface area contributed by atoms with Crippen LogP contribution >= 0.6 is 0 Å². The van der Waals surface area contributed by atoms with E-state index in [9.17, 15) is 34.2 Å². The number of rotatable bonds is 8. The van der Waals surface area contributed by atoms with Crippen LogP contribution in [0.15, 0.2) is 31.6 Å². The first-order valence-electron chi connectivity index (χ1n) is 12.6. The van der Waals surface area contributed by atoms with E-state index in [2.05, 4.69) is 15.3 Å². The molecular formula is C24H33N5O9. The van der Waals surface area contributed by atoms with Crippen LogP contribution in [-0.2, 0) is 14.3 Å². The SMILES string of the molecule is CC[C@@H](NC(=O)C[C@H]1C[C@H](n2cc(C)c(=O)[nH]c2=O)O[C@@H]1CO)[C@H]1O[C@@H](n2cc(C)c(=O)[nH]c2=O)C[C@@H]1O. The van der Waals surface area contributed by atoms with E-state index in [0.29, 0.717) is 17.5 Å². The van der Waals surface area contributed by atoms with E-state index in [-0.39, 0.29) is 31.8 Å². The number of aliphatic hydroxyl groups is 2. The summed E-state index contributed by atoms with van der Waals surface area (Å²) in [6, 6.07) is -0.572. The molecule has 2 fully saturated rings. The Morgan fingerprint density at radius 3 is 2.11 bits per heavy atom. The molecule has 0 spiro atoms. The first-order chi connectivity index (χ1) is 18.0. The molecule has 4 rings (SSSR count). The molecule has 0 radical (unpaired) electrons. The third-order valence-corrected chi connectivity index (χ3v) is 7.22. The highest BCUT2D eigenvalue weighted by atomic mass is 16.5. The van der Waals surface area contributed by atoms with E-state index in [1.165, 1.54) is 21.5 Å². The number of amides is 1. The summed E-state index contributed by atoms with van der Waals surface area (Å²) >= 11 is 0. The number of carbonyl (C=O) groups excluding carboxylic acids is 1. The van der Waals surface area contributed by atoms with Gasteiger partial charge < -0.3 is 25.0 Å². The molecule has 2 aromatic heterocycles. The minimum absolute atomic E-state index is 0.0138. The van der Waals surface area contributed by atoms with Gasteiger partial charge in [0.2, 0.25) is 5.91 Å². The standard InChI is InChI=1S/C24H33N5O9/c1-4-14(20-15(31)7-19(38-20)29-9-12(3)22(34)27-24(29)36)25-17(32)5-13-6-18(37-16(13)10-30)28-8-11(2)21(33)26-23(28)35/h8-9,13-16,18-20,30-31H,4-7,10H2,1-3H3,(H,25,32)(H,26,33,35)(H,27,34,36)/t13-,14+,15-,16+,18+,19+,20+/m0/s1. The van der Waals surface area contributed by atoms with Gasteiger partial charge in [0.25, 0.3) is 11.1 Å². The van der Waals surface area contributed by atoms with Gasteiger partial charge in [0.1, 0.15) is 18.6 Å². The Morgan fingerprint density at radius 2 is 1.58 bits per heavy atom. The molecule has 0 unspecified atom stereocenters. The van der Waals surface area contributed by atoms with Crippen LogP contribution < -0.4 is 27.8 Å². The van der Waals surface area contributed by atoms with Crippen molar-refractivity contribution in [1.82, 2.24) is 24.4 Å². The van der Waals surface area contributed by atoms with Gasteiger partial charge in [0.15, 0.2) is 0 Å². The lowest BCUT2D eigenvalue weighted by molar-refractivity contribution is -0.125. The third-order valence-electron chi connectivity index (χ3n) is 7.22. The number of nitrogens with one attached hydrogen (secondary N) is 3. The van der Waals surface area contributed by atoms with Crippen molar-refractivity contribution in [2.45, 2.75) is 83.3 Å². The van der Waals surface area contributed by atoms with Crippen LogP contribution in [0.1, 0.15) is 56.2 Å². The Bertz CT molecular complexity index is 1410. The van der Waals surface area contributed by atoms with Crippen molar-refractivity contribution < 1.29 is 24.5 Å². The summed E-state index contributed by atoms with van der Waals surface area (Å²) in [5.74, 6) is -0.766. The van der Waals surface area contributed by atoms with Crippen LogP contribution in [0.2, 0.25) is 0 Å². The molecule has 2 aliphatic heterocycles. The maximum absolute atomic E-state index is 13.0. The molecule has 208 valence electrons. The second-order valence-corrected chi connectivity index (χ2v) is 9.91. The molecular weight excluding hydrogens is 502 g/mol. The van der Waals surface area contributed by atoms with Crippen molar-refractivity contribution >= 4 is 5.91 Å². The lowest BCUT2D eigenvalue weighted by atomic mass is 9.95. The quantitative estimate of drug-likeness (QED) is 0.268. The number of hydrogen-bond donors (Lipinski definition) is 5. The number of aryl methyl sites for hydroxylation is 2. The van der Waals surface area contributed by atoms with Crippen LogP contribution in [0, 0.1) is 19.8 Å². The summed E-state index contributed by atoms with van der Waals surface area (Å²) in [6.45, 7) is 4.57. The van der Waals surface area contributed by atoms with Crippen molar-refractivity contribution in [3.8, 4) is 0 Å². The number of aromatic nitrogens is 4. The summed E-state index contributed by atoms with van der Waals surface area (Å²) < 4.78 is 14.2. The average Bonchev–Trinajstić information content (AvgIpc) is 3.45. The fourth-order valence-corrected chi connectivity index (χ4v) is 5.10. The van der Waals surface area contributed by atoms with Crippen LogP contribution in [0.25, 0.3) is 0 Å². The van der Waals surface area contributed by atoms with Gasteiger partial charge in [-0.15, -0.1) is 0 Å². The molecule has 2 aliphatic rings. The molecule has 0 aliphatic carbocycles. The largest absolute Gasteiger partial charge is 0.394 e. The fraction of sp³-hybridized carbons (Fsp3) is 0.625. The van der Waals surface area contributed by atoms with Gasteiger partial charge in [-0.2, -0.15) is 0 Å². The summed E-state index contributed by atoms with van der Waals surface area (Å²) in [5, 5.41) is 23.4. The predicted molar refractivity (Wildman–Crippen MR) is 133 cm³/mol. The zero-order valence-corrected chi connectivity index (χ0v) is 21.4. The van der Waals surface area contributed by atoms with E-state index < -0.39 is 65.2 Å². The second-order valence-electron chi connectivity index (χ2n) is 9.91. The molecule has 0 bridgehead atoms. The van der Waals surface area contributed by atoms with E-state index >= 15 is 0 Å². The maximum Gasteiger partial charge on any atom is 0.330 e. The Kier molecular flexibility index (Phi) is 8.16. The van der Waals surface area contributed by atoms with Crippen LogP contribution in [0.3, 0.4) is 0 Å². The van der Waals surface area contributed by atoms with Crippen LogP contribution in [0.4, 0.5) is 0 Å². The van der Waals surface area contributed by atoms with Gasteiger partial charge in [-0.05, 0) is 26.7 Å². The number of aliphatic hydroxyl groups excluding tert-OH is 2. The molecule has 4 heterocycles. The smallest absolute Gasteiger partial charge is 0.330 e. The van der Waals surface area contributed by atoms with E-state index in [0.717, 1.165) is 0 Å². The fourth-order valence-electron chi connectivity index (χ4n) is 5.10. The minimum Gasteiger partial charge on any atom is -0.394 e. The van der Waals surface area contributed by atoms with Crippen molar-refractivity contribution in [3.05, 3.63) is 65.2 Å². The van der Waals surface area contributed by atoms with Crippen molar-refractivity contribution in [1.29, 1.82) is 0 Å². The number of aromatic amines is 2. The van der Waals surface area contributed by atoms with Gasteiger partial charge in [0, 0.05) is 42.3 Å². The van der Waals surface area contributed by atoms with E-state index in [1.54, 1.807) is 13.8 Å². The zero-order chi connectivity index (χ0) is 27.7. The van der Waals surface area contributed by atoms with E-state index in [4.69, 9.17) is 9.47 Å². The van der Waals surface area contributed by atoms with Crippen LogP contribution in [0.5, 0.6) is 0 Å². The monoisotopic (exact) mass is 535 g/mol. The molecule has 2 aromatic rings. The number of ether oxygens (including phenoxy) is 2. The highest BCUT2D eigenvalue weighted by Crippen LogP contribution is 2.35. The first kappa shape index (κ1) is 27.7. The molecule has 0 saturated carbocycles. The van der Waals surface area contributed by atoms with Gasteiger partial charge >= 0.3 is 11.4 Å². The molecule has 7 atom stereocenters. The topological polar surface area (TPSA) is 198 Å². The minimum atomic E-state index is -0.968. The van der Waals surface area contributed by atoms with Gasteiger partial charge in [0.05, 0.1) is 24.9 Å². The Hall–Kier alpha value is -3.33. The summed E-state index contributed by atoms with van der Waals surface area (Å²) in [4.78, 5) is 65.3. The molecule has 1 amide bonds. The highest BCUT2D eigenvalue weighted by molar-refractivity contribution is 5.76. The van der Waals surface area contributed by atoms with Gasteiger partial charge in [-0.25, -0.2) is 9.59 Å². The molecule has 5 N–H and O–H groups in total. The zero-order valence-electron chi connectivity index (χ0n) is 21.4. The summed E-state index contributed by atoms with van der Waals surface area (Å²) in [5.41, 5.74) is -1.64. The third kappa shape index (κ3) is 5.57. The lowest BCUT2D eigenvalue weighted by Gasteiger charge is -2.26. The average molecular weight is 536 g/mol. The predicted octanol–water partition coefficient (Wildman–Crippen LogP) is -1.47. The molecule has 14 nitrogen and oxygen atoms in total. The molecule has 14 heteroatoms. The highest BCUT2D eigenvalue weighted by Gasteiger charge is 2.42. The van der Waals surface area contributed by atoms with Crippen molar-refractivity contribution in [3.63, 3.8) is 0 Å². The number of carbonyl (C=O) groups is 1. The Balaban J connectivity index is 1.42. The lowest BCUT2D eigenvalue weighted by Crippen LogP contribution is -2.47. The summed E-state index contributed by atoms with van der Waals surface area (Å²) in [6.07, 6.45) is -0.485. The Labute approximate surface area is 216 Å². The van der Waals surface area contributed by atoms with Crippen LogP contribution in [-0.4, -0.2) is 66.2 Å². The molecule has 0 aromatic carbocycles. The van der Waals surface area contributed by atoms with E-state index in [1.807, 2.05) is 6.92 Å². The normalized spacial score (nSPS) is 27.9. The van der Waals surface area contributed by atoms with Crippen molar-refractivity contribution in [2.75, 3.05) is 6.61 Å². The molecule has 2 saturated heterocycles. The Morgan fingerprint density at radius 1 is 1.03 bits per heavy atom. The number of H-pyrrole nitrogens is 2. The molecule has 38 heavy (non-hydrogen) atoms. The first-order valence-corrected chi connectivity index (χ1v) is 12.6. The second kappa shape index (κ2) is 11.2. The van der Waals surface area contributed by atoms with Crippen molar-refractivity contribution in [2.24, 2.45) is 5.92 Å².